The lowest BCUT2D eigenvalue weighted by Crippen LogP contribution is -2.25. The Morgan fingerprint density at radius 2 is 2.38 bits per heavy atom. The van der Waals surface area contributed by atoms with Crippen LogP contribution in [0.2, 0.25) is 0 Å². The smallest absolute Gasteiger partial charge is 0.0721 e. The van der Waals surface area contributed by atoms with Crippen molar-refractivity contribution in [2.24, 2.45) is 5.73 Å². The highest BCUT2D eigenvalue weighted by atomic mass is 16.5. The monoisotopic (exact) mass is 179 g/mol. The molecule has 0 amide bonds. The summed E-state index contributed by atoms with van der Waals surface area (Å²) in [6.07, 6.45) is 0. The lowest BCUT2D eigenvalue weighted by atomic mass is 9.94. The van der Waals surface area contributed by atoms with Crippen LogP contribution in [-0.4, -0.2) is 11.7 Å². The first-order chi connectivity index (χ1) is 6.33. The minimum absolute atomic E-state index is 0.0525. The molecule has 0 spiro atoms. The third-order valence-corrected chi connectivity index (χ3v) is 2.38. The van der Waals surface area contributed by atoms with E-state index in [0.717, 1.165) is 16.7 Å². The van der Waals surface area contributed by atoms with Crippen LogP contribution in [0.5, 0.6) is 0 Å². The first-order valence-corrected chi connectivity index (χ1v) is 4.37. The zero-order chi connectivity index (χ0) is 9.26. The maximum absolute atomic E-state index is 9.12. The van der Waals surface area contributed by atoms with E-state index in [-0.39, 0.29) is 12.6 Å². The van der Waals surface area contributed by atoms with Gasteiger partial charge in [0.2, 0.25) is 0 Å². The van der Waals surface area contributed by atoms with Crippen LogP contribution in [0.25, 0.3) is 0 Å². The van der Waals surface area contributed by atoms with E-state index in [1.807, 2.05) is 18.2 Å². The number of fused-ring (bicyclic) bond motifs is 1. The van der Waals surface area contributed by atoms with Crippen LogP contribution in [0.4, 0.5) is 0 Å². The number of ether oxygens (including phenoxy) is 1. The molecule has 0 aromatic heterocycles. The van der Waals surface area contributed by atoms with Gasteiger partial charge in [-0.3, -0.25) is 0 Å². The molecule has 1 heterocycles. The molecule has 13 heavy (non-hydrogen) atoms. The van der Waals surface area contributed by atoms with Gasteiger partial charge in [0.15, 0.2) is 0 Å². The van der Waals surface area contributed by atoms with E-state index in [1.54, 1.807) is 0 Å². The molecule has 0 saturated carbocycles. The fourth-order valence-electron chi connectivity index (χ4n) is 1.79. The van der Waals surface area contributed by atoms with Gasteiger partial charge in [-0.1, -0.05) is 18.2 Å². The molecule has 0 unspecified atom stereocenters. The highest BCUT2D eigenvalue weighted by molar-refractivity contribution is 5.38. The van der Waals surface area contributed by atoms with Gasteiger partial charge in [-0.05, 0) is 16.7 Å². The standard InChI is InChI=1S/C10H13NO2/c11-9-6-13-5-8-3-1-2-7(4-12)10(8)9/h1-3,9,12H,4-6,11H2/t9-/m1/s1. The molecule has 1 aliphatic rings. The number of benzene rings is 1. The number of rotatable bonds is 1. The fraction of sp³-hybridized carbons (Fsp3) is 0.400. The molecule has 3 heteroatoms. The van der Waals surface area contributed by atoms with Crippen LogP contribution in [0.1, 0.15) is 22.7 Å². The maximum atomic E-state index is 9.12. The second-order valence-electron chi connectivity index (χ2n) is 3.27. The Balaban J connectivity index is 2.50. The summed E-state index contributed by atoms with van der Waals surface area (Å²) in [4.78, 5) is 0. The van der Waals surface area contributed by atoms with Crippen LogP contribution < -0.4 is 5.73 Å². The largest absolute Gasteiger partial charge is 0.392 e. The van der Waals surface area contributed by atoms with Gasteiger partial charge in [0.05, 0.1) is 25.9 Å². The molecule has 0 aliphatic carbocycles. The predicted molar refractivity (Wildman–Crippen MR) is 48.9 cm³/mol. The molecular formula is C10H13NO2. The lowest BCUT2D eigenvalue weighted by Gasteiger charge is -2.24. The number of aliphatic hydroxyl groups is 1. The average molecular weight is 179 g/mol. The predicted octanol–water partition coefficient (Wildman–Crippen LogP) is 0.709. The molecule has 1 atom stereocenters. The summed E-state index contributed by atoms with van der Waals surface area (Å²) in [5.41, 5.74) is 8.98. The van der Waals surface area contributed by atoms with Crippen molar-refractivity contribution in [2.45, 2.75) is 19.3 Å². The fourth-order valence-corrected chi connectivity index (χ4v) is 1.79. The van der Waals surface area contributed by atoms with Crippen molar-refractivity contribution in [1.29, 1.82) is 0 Å². The molecule has 3 nitrogen and oxygen atoms in total. The van der Waals surface area contributed by atoms with Crippen LogP contribution in [0.3, 0.4) is 0 Å². The molecule has 0 fully saturated rings. The number of hydrogen-bond donors (Lipinski definition) is 2. The third kappa shape index (κ3) is 1.46. The number of hydrogen-bond acceptors (Lipinski definition) is 3. The third-order valence-electron chi connectivity index (χ3n) is 2.38. The molecule has 3 N–H and O–H groups in total. The van der Waals surface area contributed by atoms with Crippen LogP contribution in [0.15, 0.2) is 18.2 Å². The molecule has 1 aliphatic heterocycles. The normalized spacial score (nSPS) is 21.2. The Morgan fingerprint density at radius 3 is 3.15 bits per heavy atom. The van der Waals surface area contributed by atoms with Gasteiger partial charge in [-0.15, -0.1) is 0 Å². The molecule has 0 bridgehead atoms. The van der Waals surface area contributed by atoms with Crippen molar-refractivity contribution < 1.29 is 9.84 Å². The summed E-state index contributed by atoms with van der Waals surface area (Å²) in [7, 11) is 0. The Bertz CT molecular complexity index is 298. The van der Waals surface area contributed by atoms with Crippen LogP contribution >= 0.6 is 0 Å². The highest BCUT2D eigenvalue weighted by Gasteiger charge is 2.19. The topological polar surface area (TPSA) is 55.5 Å². The van der Waals surface area contributed by atoms with Gasteiger partial charge in [0.1, 0.15) is 0 Å². The minimum atomic E-state index is -0.0906. The van der Waals surface area contributed by atoms with E-state index in [4.69, 9.17) is 15.6 Å². The Labute approximate surface area is 77.1 Å². The van der Waals surface area contributed by atoms with Crippen LogP contribution in [-0.2, 0) is 18.0 Å². The second-order valence-corrected chi connectivity index (χ2v) is 3.27. The minimum Gasteiger partial charge on any atom is -0.392 e. The zero-order valence-electron chi connectivity index (χ0n) is 7.36. The zero-order valence-corrected chi connectivity index (χ0v) is 7.36. The van der Waals surface area contributed by atoms with E-state index < -0.39 is 0 Å². The van der Waals surface area contributed by atoms with Crippen molar-refractivity contribution >= 4 is 0 Å². The van der Waals surface area contributed by atoms with E-state index in [2.05, 4.69) is 0 Å². The number of aliphatic hydroxyl groups excluding tert-OH is 1. The van der Waals surface area contributed by atoms with Crippen molar-refractivity contribution in [3.05, 3.63) is 34.9 Å². The van der Waals surface area contributed by atoms with Gasteiger partial charge in [0, 0.05) is 0 Å². The molecule has 1 aromatic carbocycles. The number of nitrogens with two attached hydrogens (primary N) is 1. The molecule has 0 saturated heterocycles. The Hall–Kier alpha value is -0.900. The second kappa shape index (κ2) is 3.46. The molecular weight excluding hydrogens is 166 g/mol. The van der Waals surface area contributed by atoms with Crippen molar-refractivity contribution in [3.63, 3.8) is 0 Å². The molecule has 2 rings (SSSR count). The van der Waals surface area contributed by atoms with Crippen molar-refractivity contribution in [1.82, 2.24) is 0 Å². The quantitative estimate of drug-likeness (QED) is 0.667. The van der Waals surface area contributed by atoms with Crippen LogP contribution in [0, 0.1) is 0 Å². The summed E-state index contributed by atoms with van der Waals surface area (Å²) in [5, 5.41) is 9.12. The summed E-state index contributed by atoms with van der Waals surface area (Å²) >= 11 is 0. The SMILES string of the molecule is N[C@@H]1COCc2cccc(CO)c21. The van der Waals surface area contributed by atoms with E-state index >= 15 is 0 Å². The molecule has 70 valence electrons. The van der Waals surface area contributed by atoms with Gasteiger partial charge in [-0.2, -0.15) is 0 Å². The summed E-state index contributed by atoms with van der Waals surface area (Å²) in [5.74, 6) is 0. The maximum Gasteiger partial charge on any atom is 0.0721 e. The summed E-state index contributed by atoms with van der Waals surface area (Å²) in [6.45, 7) is 1.21. The summed E-state index contributed by atoms with van der Waals surface area (Å²) < 4.78 is 5.30. The average Bonchev–Trinajstić information content (AvgIpc) is 2.17. The highest BCUT2D eigenvalue weighted by Crippen LogP contribution is 2.26. The molecule has 0 radical (unpaired) electrons. The summed E-state index contributed by atoms with van der Waals surface area (Å²) in [6, 6.07) is 5.73. The Kier molecular flexibility index (Phi) is 2.31. The first kappa shape index (κ1) is 8.69. The lowest BCUT2D eigenvalue weighted by molar-refractivity contribution is 0.0913. The van der Waals surface area contributed by atoms with E-state index in [9.17, 15) is 0 Å². The van der Waals surface area contributed by atoms with Gasteiger partial charge in [-0.25, -0.2) is 0 Å². The van der Waals surface area contributed by atoms with Gasteiger partial charge < -0.3 is 15.6 Å². The van der Waals surface area contributed by atoms with Crippen molar-refractivity contribution in [3.8, 4) is 0 Å². The van der Waals surface area contributed by atoms with Gasteiger partial charge in [0.25, 0.3) is 0 Å². The van der Waals surface area contributed by atoms with Crippen molar-refractivity contribution in [2.75, 3.05) is 6.61 Å². The van der Waals surface area contributed by atoms with E-state index in [0.29, 0.717) is 13.2 Å². The van der Waals surface area contributed by atoms with E-state index in [1.165, 1.54) is 0 Å². The van der Waals surface area contributed by atoms with Gasteiger partial charge >= 0.3 is 0 Å². The molecule has 1 aromatic rings. The Morgan fingerprint density at radius 1 is 1.54 bits per heavy atom. The first-order valence-electron chi connectivity index (χ1n) is 4.37.